The number of sulfonamides is 1. The highest BCUT2D eigenvalue weighted by atomic mass is 32.2. The first kappa shape index (κ1) is 29.8. The molecule has 0 fully saturated rings. The topological polar surface area (TPSA) is 99.3 Å². The number of aryl methyl sites for hydroxylation is 4. The summed E-state index contributed by atoms with van der Waals surface area (Å²) in [5.41, 5.74) is 10.1. The molecule has 1 aliphatic heterocycles. The summed E-state index contributed by atoms with van der Waals surface area (Å²) in [6.07, 6.45) is 0. The Kier molecular flexibility index (Phi) is 7.97. The highest BCUT2D eigenvalue weighted by molar-refractivity contribution is 7.89. The fourth-order valence-electron chi connectivity index (χ4n) is 5.57. The lowest BCUT2D eigenvalue weighted by molar-refractivity contribution is -0.403. The Morgan fingerprint density at radius 3 is 2.05 bits per heavy atom. The van der Waals surface area contributed by atoms with Crippen molar-refractivity contribution in [2.24, 2.45) is 5.14 Å². The Balaban J connectivity index is 0.00000368. The van der Waals surface area contributed by atoms with Crippen molar-refractivity contribution in [3.8, 4) is 22.5 Å². The molecule has 4 aromatic carbocycles. The van der Waals surface area contributed by atoms with Gasteiger partial charge in [0.2, 0.25) is 21.1 Å². The number of hydrogen-bond donors (Lipinski definition) is 3. The fourth-order valence-corrected chi connectivity index (χ4v) is 6.31. The number of primary sulfonamides is 1. The van der Waals surface area contributed by atoms with Crippen LogP contribution >= 0.6 is 0 Å². The van der Waals surface area contributed by atoms with Gasteiger partial charge in [0.15, 0.2) is 0 Å². The van der Waals surface area contributed by atoms with E-state index in [-0.39, 0.29) is 12.3 Å². The monoisotopic (exact) mass is 589 g/mol. The van der Waals surface area contributed by atoms with Crippen LogP contribution in [0.2, 0.25) is 0 Å². The van der Waals surface area contributed by atoms with Gasteiger partial charge in [-0.1, -0.05) is 54.6 Å². The largest absolute Gasteiger partial charge is 0.456 e. The molecule has 0 bridgehead atoms. The van der Waals surface area contributed by atoms with Crippen LogP contribution in [-0.2, 0) is 10.0 Å². The van der Waals surface area contributed by atoms with Crippen molar-refractivity contribution in [2.45, 2.75) is 32.6 Å². The Morgan fingerprint density at radius 1 is 0.721 bits per heavy atom. The van der Waals surface area contributed by atoms with Gasteiger partial charge in [0.1, 0.15) is 11.3 Å². The van der Waals surface area contributed by atoms with Crippen LogP contribution in [0.25, 0.3) is 33.4 Å². The second-order valence-electron chi connectivity index (χ2n) is 10.7. The molecule has 0 radical (unpaired) electrons. The third-order valence-electron chi connectivity index (χ3n) is 7.69. The van der Waals surface area contributed by atoms with Crippen LogP contribution in [0.5, 0.6) is 0 Å². The maximum absolute atomic E-state index is 12.7. The first-order valence-corrected chi connectivity index (χ1v) is 15.3. The third kappa shape index (κ3) is 5.69. The van der Waals surface area contributed by atoms with Crippen molar-refractivity contribution >= 4 is 38.1 Å². The zero-order chi connectivity index (χ0) is 29.6. The summed E-state index contributed by atoms with van der Waals surface area (Å²) in [4.78, 5) is 3.61. The molecule has 0 saturated heterocycles. The van der Waals surface area contributed by atoms with Crippen LogP contribution in [0, 0.1) is 35.1 Å². The summed E-state index contributed by atoms with van der Waals surface area (Å²) >= 11 is 0. The van der Waals surface area contributed by atoms with Crippen molar-refractivity contribution in [1.82, 2.24) is 0 Å². The third-order valence-corrected chi connectivity index (χ3v) is 8.65. The van der Waals surface area contributed by atoms with Gasteiger partial charge >= 0.3 is 0 Å². The van der Waals surface area contributed by atoms with Crippen LogP contribution in [0.1, 0.15) is 22.3 Å². The van der Waals surface area contributed by atoms with E-state index in [0.29, 0.717) is 16.9 Å². The molecule has 0 unspecified atom stereocenters. The molecule has 0 spiro atoms. The zero-order valence-corrected chi connectivity index (χ0v) is 25.8. The van der Waals surface area contributed by atoms with Crippen LogP contribution < -0.4 is 20.8 Å². The number of nitrogens with one attached hydrogen (secondary N) is 2. The van der Waals surface area contributed by atoms with Crippen LogP contribution in [0.3, 0.4) is 0 Å². The number of hydrogen-bond acceptors (Lipinski definition) is 4. The minimum absolute atomic E-state index is 0. The lowest BCUT2D eigenvalue weighted by atomic mass is 9.93. The van der Waals surface area contributed by atoms with Crippen LogP contribution in [-0.4, -0.2) is 8.42 Å². The van der Waals surface area contributed by atoms with Crippen LogP contribution in [0.4, 0.5) is 17.1 Å². The van der Waals surface area contributed by atoms with Gasteiger partial charge in [-0.05, 0) is 63.1 Å². The molecule has 4 N–H and O–H groups in total. The molecule has 43 heavy (non-hydrogen) atoms. The number of para-hydroxylation sites is 2. The van der Waals surface area contributed by atoms with Gasteiger partial charge in [-0.15, -0.1) is 0 Å². The molecular weight excluding hydrogens is 554 g/mol. The van der Waals surface area contributed by atoms with Gasteiger partial charge in [0, 0.05) is 56.7 Å². The van der Waals surface area contributed by atoms with E-state index < -0.39 is 10.0 Å². The van der Waals surface area contributed by atoms with E-state index in [0.717, 1.165) is 61.2 Å². The summed E-state index contributed by atoms with van der Waals surface area (Å²) in [7, 11) is -3.99. The summed E-state index contributed by atoms with van der Waals surface area (Å²) < 4.78 is 31.9. The average Bonchev–Trinajstić information content (AvgIpc) is 2.95. The number of benzene rings is 5. The van der Waals surface area contributed by atoms with Gasteiger partial charge in [0.05, 0.1) is 11.0 Å². The van der Waals surface area contributed by atoms with Gasteiger partial charge < -0.3 is 17.2 Å². The lowest BCUT2D eigenvalue weighted by Gasteiger charge is -2.18. The lowest BCUT2D eigenvalue weighted by Crippen LogP contribution is -2.71. The first-order chi connectivity index (χ1) is 20.1. The van der Waals surface area contributed by atoms with Crippen molar-refractivity contribution in [3.05, 3.63) is 132 Å². The molecule has 218 valence electrons. The van der Waals surface area contributed by atoms with Crippen molar-refractivity contribution in [3.63, 3.8) is 0 Å². The quantitative estimate of drug-likeness (QED) is 0.156. The summed E-state index contributed by atoms with van der Waals surface area (Å²) in [6, 6.07) is 31.0. The molecule has 0 amide bonds. The van der Waals surface area contributed by atoms with Crippen LogP contribution in [0.15, 0.2) is 106 Å². The first-order valence-electron chi connectivity index (χ1n) is 13.7. The van der Waals surface area contributed by atoms with Gasteiger partial charge in [-0.3, -0.25) is 0 Å². The van der Waals surface area contributed by atoms with E-state index >= 15 is 0 Å². The van der Waals surface area contributed by atoms with E-state index in [2.05, 4.69) is 62.3 Å². The van der Waals surface area contributed by atoms with Gasteiger partial charge in [-0.2, -0.15) is 0 Å². The Hall–Kier alpha value is -4.72. The molecule has 1 aliphatic carbocycles. The predicted octanol–water partition coefficient (Wildman–Crippen LogP) is 6.59. The minimum atomic E-state index is -3.99. The molecule has 1 heterocycles. The average molecular weight is 590 g/mol. The zero-order valence-electron chi connectivity index (χ0n) is 24.9. The molecule has 0 aromatic heterocycles. The van der Waals surface area contributed by atoms with Crippen molar-refractivity contribution in [1.29, 1.82) is 0 Å². The van der Waals surface area contributed by atoms with E-state index in [4.69, 9.17) is 9.56 Å². The molecule has 4 aromatic rings. The number of nitrogens with two attached hydrogens (primary N) is 1. The van der Waals surface area contributed by atoms with Gasteiger partial charge in [0.25, 0.3) is 0 Å². The summed E-state index contributed by atoms with van der Waals surface area (Å²) in [5, 5.41) is 10.9. The SMILES string of the molecule is Cc1cccc(C)c1Nc1ccc2c(-c3ccccc3S(N)(=O)=O)c3ccc(=[NH+]c4c(C)cccc4C)cc-3oc2c1.[CH3-]. The van der Waals surface area contributed by atoms with E-state index in [9.17, 15) is 8.42 Å². The summed E-state index contributed by atoms with van der Waals surface area (Å²) in [5.74, 6) is 0.613. The Labute approximate surface area is 253 Å². The molecule has 2 aliphatic rings. The molecule has 6 nitrogen and oxygen atoms in total. The molecule has 7 heteroatoms. The molecule has 6 rings (SSSR count). The molecular formula is C36H35N3O3S. The van der Waals surface area contributed by atoms with Crippen molar-refractivity contribution in [2.75, 3.05) is 5.32 Å². The minimum Gasteiger partial charge on any atom is -0.456 e. The maximum Gasteiger partial charge on any atom is 0.238 e. The second-order valence-corrected chi connectivity index (χ2v) is 12.3. The van der Waals surface area contributed by atoms with Gasteiger partial charge in [-0.25, -0.2) is 18.5 Å². The normalized spacial score (nSPS) is 12.0. The standard InChI is InChI=1S/C35H31N3O3S.CH3/c1-21-9-7-10-22(2)34(21)37-25-15-17-27-30(19-25)41-31-20-26(38-35-23(3)11-8-12-24(35)4)16-18-28(31)33(27)29-13-5-6-14-32(29)42(36,39)40;/h5-20,37H,1-4H3,(H2,36,39,40);1H3/q;-1/p+1. The molecule has 0 atom stereocenters. The summed E-state index contributed by atoms with van der Waals surface area (Å²) in [6.45, 7) is 8.28. The second kappa shape index (κ2) is 11.5. The fraction of sp³-hybridized carbons (Fsp3) is 0.111. The smallest absolute Gasteiger partial charge is 0.238 e. The predicted molar refractivity (Wildman–Crippen MR) is 175 cm³/mol. The highest BCUT2D eigenvalue weighted by Gasteiger charge is 2.23. The van der Waals surface area contributed by atoms with E-state index in [1.807, 2.05) is 54.6 Å². The Morgan fingerprint density at radius 2 is 1.37 bits per heavy atom. The van der Waals surface area contributed by atoms with E-state index in [1.165, 1.54) is 0 Å². The number of anilines is 2. The Bertz CT molecular complexity index is 2110. The molecule has 0 saturated carbocycles. The van der Waals surface area contributed by atoms with Crippen molar-refractivity contribution < 1.29 is 17.8 Å². The highest BCUT2D eigenvalue weighted by Crippen LogP contribution is 2.42. The maximum atomic E-state index is 12.7. The number of fused-ring (bicyclic) bond motifs is 2. The van der Waals surface area contributed by atoms with E-state index in [1.54, 1.807) is 18.2 Å². The number of rotatable bonds is 5.